The summed E-state index contributed by atoms with van der Waals surface area (Å²) in [5, 5.41) is 5.77. The molecule has 1 saturated carbocycles. The molecule has 6 rings (SSSR count). The molecule has 1 saturated heterocycles. The van der Waals surface area contributed by atoms with Gasteiger partial charge in [0.1, 0.15) is 11.5 Å². The number of hydrogen-bond donors (Lipinski definition) is 2. The van der Waals surface area contributed by atoms with Gasteiger partial charge in [-0.25, -0.2) is 15.0 Å². The number of nitrogens with zero attached hydrogens (tertiary/aromatic N) is 5. The molecule has 32 heavy (non-hydrogen) atoms. The molecule has 1 atom stereocenters. The quantitative estimate of drug-likeness (QED) is 0.506. The second kappa shape index (κ2) is 7.24. The summed E-state index contributed by atoms with van der Waals surface area (Å²) < 4.78 is 0. The van der Waals surface area contributed by atoms with Crippen LogP contribution in [-0.4, -0.2) is 51.1 Å². The van der Waals surface area contributed by atoms with E-state index in [0.29, 0.717) is 12.0 Å². The molecule has 7 heteroatoms. The molecular weight excluding hydrogens is 398 g/mol. The first-order valence-corrected chi connectivity index (χ1v) is 11.5. The van der Waals surface area contributed by atoms with E-state index in [-0.39, 0.29) is 5.41 Å². The molecule has 0 spiro atoms. The number of hydrogen-bond acceptors (Lipinski definition) is 6. The Labute approximate surface area is 187 Å². The highest BCUT2D eigenvalue weighted by atomic mass is 15.2. The first-order chi connectivity index (χ1) is 15.5. The summed E-state index contributed by atoms with van der Waals surface area (Å²) in [5.74, 6) is 2.33. The molecule has 5 heterocycles. The van der Waals surface area contributed by atoms with E-state index in [1.807, 2.05) is 36.9 Å². The van der Waals surface area contributed by atoms with Gasteiger partial charge in [-0.3, -0.25) is 4.98 Å². The topological polar surface area (TPSA) is 82.6 Å². The second-order valence-electron chi connectivity index (χ2n) is 9.95. The fourth-order valence-electron chi connectivity index (χ4n) is 5.35. The minimum Gasteiger partial charge on any atom is -0.355 e. The smallest absolute Gasteiger partial charge is 0.163 e. The van der Waals surface area contributed by atoms with Crippen molar-refractivity contribution in [3.63, 3.8) is 0 Å². The lowest BCUT2D eigenvalue weighted by molar-refractivity contribution is 0.215. The van der Waals surface area contributed by atoms with Crippen LogP contribution in [0.2, 0.25) is 0 Å². The minimum atomic E-state index is 0.141. The molecular formula is C25H29N7. The van der Waals surface area contributed by atoms with Crippen LogP contribution < -0.4 is 10.2 Å². The van der Waals surface area contributed by atoms with Crippen molar-refractivity contribution in [1.29, 1.82) is 0 Å². The molecule has 2 N–H and O–H groups in total. The Morgan fingerprint density at radius 1 is 1.09 bits per heavy atom. The van der Waals surface area contributed by atoms with Gasteiger partial charge in [-0.15, -0.1) is 0 Å². The van der Waals surface area contributed by atoms with Gasteiger partial charge >= 0.3 is 0 Å². The number of piperidine rings is 1. The number of aromatic nitrogens is 5. The fourth-order valence-corrected chi connectivity index (χ4v) is 5.35. The van der Waals surface area contributed by atoms with Crippen LogP contribution in [-0.2, 0) is 0 Å². The van der Waals surface area contributed by atoms with E-state index in [1.165, 1.54) is 23.8 Å². The molecule has 1 aliphatic carbocycles. The molecule has 4 aromatic heterocycles. The van der Waals surface area contributed by atoms with Gasteiger partial charge in [0.25, 0.3) is 0 Å². The Balaban J connectivity index is 1.59. The molecule has 2 fully saturated rings. The van der Waals surface area contributed by atoms with Gasteiger partial charge in [0, 0.05) is 54.6 Å². The first-order valence-electron chi connectivity index (χ1n) is 11.5. The normalized spacial score (nSPS) is 20.7. The highest BCUT2D eigenvalue weighted by Crippen LogP contribution is 2.45. The van der Waals surface area contributed by atoms with Crippen LogP contribution >= 0.6 is 0 Å². The molecule has 2 aliphatic rings. The lowest BCUT2D eigenvalue weighted by atomic mass is 9.79. The number of H-pyrrole nitrogens is 1. The lowest BCUT2D eigenvalue weighted by Gasteiger charge is -2.45. The summed E-state index contributed by atoms with van der Waals surface area (Å²) in [5.41, 5.74) is 4.21. The van der Waals surface area contributed by atoms with E-state index in [2.05, 4.69) is 46.1 Å². The van der Waals surface area contributed by atoms with Gasteiger partial charge in [0.2, 0.25) is 0 Å². The molecule has 164 valence electrons. The van der Waals surface area contributed by atoms with Crippen LogP contribution in [0.3, 0.4) is 0 Å². The van der Waals surface area contributed by atoms with Crippen LogP contribution in [0.25, 0.3) is 33.3 Å². The van der Waals surface area contributed by atoms with E-state index in [0.717, 1.165) is 53.3 Å². The summed E-state index contributed by atoms with van der Waals surface area (Å²) in [7, 11) is 2.21. The van der Waals surface area contributed by atoms with Crippen LogP contribution in [0.1, 0.15) is 44.6 Å². The zero-order chi connectivity index (χ0) is 21.9. The summed E-state index contributed by atoms with van der Waals surface area (Å²) in [6.07, 6.45) is 11.2. The Morgan fingerprint density at radius 2 is 1.97 bits per heavy atom. The number of pyridine rings is 2. The average molecular weight is 428 g/mol. The number of nitrogens with one attached hydrogen (secondary N) is 2. The maximum absolute atomic E-state index is 5.24. The fraction of sp³-hybridized carbons (Fsp3) is 0.440. The third kappa shape index (κ3) is 3.14. The number of aromatic amines is 1. The van der Waals surface area contributed by atoms with Crippen molar-refractivity contribution in [3.05, 3.63) is 42.5 Å². The van der Waals surface area contributed by atoms with Crippen molar-refractivity contribution in [2.45, 2.75) is 45.1 Å². The molecule has 0 bridgehead atoms. The largest absolute Gasteiger partial charge is 0.355 e. The van der Waals surface area contributed by atoms with Crippen molar-refractivity contribution < 1.29 is 0 Å². The van der Waals surface area contributed by atoms with Crippen molar-refractivity contribution >= 4 is 27.8 Å². The van der Waals surface area contributed by atoms with Crippen LogP contribution in [0, 0.1) is 5.41 Å². The first kappa shape index (κ1) is 19.6. The summed E-state index contributed by atoms with van der Waals surface area (Å²) in [6, 6.07) is 4.44. The van der Waals surface area contributed by atoms with Gasteiger partial charge in [-0.1, -0.05) is 13.8 Å². The molecule has 1 aliphatic heterocycles. The van der Waals surface area contributed by atoms with E-state index >= 15 is 0 Å². The van der Waals surface area contributed by atoms with Gasteiger partial charge < -0.3 is 15.2 Å². The van der Waals surface area contributed by atoms with Gasteiger partial charge in [-0.2, -0.15) is 0 Å². The van der Waals surface area contributed by atoms with E-state index in [4.69, 9.17) is 9.97 Å². The molecule has 1 unspecified atom stereocenters. The monoisotopic (exact) mass is 427 g/mol. The van der Waals surface area contributed by atoms with Crippen molar-refractivity contribution in [3.8, 4) is 11.4 Å². The maximum atomic E-state index is 5.24. The van der Waals surface area contributed by atoms with Crippen LogP contribution in [0.5, 0.6) is 0 Å². The lowest BCUT2D eigenvalue weighted by Crippen LogP contribution is -2.53. The maximum Gasteiger partial charge on any atom is 0.163 e. The highest BCUT2D eigenvalue weighted by molar-refractivity contribution is 5.97. The molecule has 0 amide bonds. The van der Waals surface area contributed by atoms with Crippen molar-refractivity contribution in [1.82, 2.24) is 30.2 Å². The van der Waals surface area contributed by atoms with E-state index < -0.39 is 0 Å². The minimum absolute atomic E-state index is 0.141. The predicted molar refractivity (Wildman–Crippen MR) is 128 cm³/mol. The number of fused-ring (bicyclic) bond motifs is 2. The van der Waals surface area contributed by atoms with E-state index in [9.17, 15) is 0 Å². The van der Waals surface area contributed by atoms with Crippen molar-refractivity contribution in [2.24, 2.45) is 5.41 Å². The zero-order valence-electron chi connectivity index (χ0n) is 18.9. The molecule has 7 nitrogen and oxygen atoms in total. The van der Waals surface area contributed by atoms with Crippen LogP contribution in [0.15, 0.2) is 36.9 Å². The zero-order valence-corrected chi connectivity index (χ0v) is 18.9. The number of rotatable bonds is 4. The second-order valence-corrected chi connectivity index (χ2v) is 9.95. The third-order valence-corrected chi connectivity index (χ3v) is 7.21. The predicted octanol–water partition coefficient (Wildman–Crippen LogP) is 4.27. The summed E-state index contributed by atoms with van der Waals surface area (Å²) >= 11 is 0. The standard InChI is InChI=1S/C25H29N7/c1-25(2)14-26-9-8-20(25)32(3)24-21-18(15-4-5-15)12-27-13-19(21)30-23(31-24)17-7-11-29-22-16(17)6-10-28-22/h6-7,10-13,15,20,26H,4-5,8-9,14H2,1-3H3,(H,28,29). The van der Waals surface area contributed by atoms with E-state index in [1.54, 1.807) is 0 Å². The summed E-state index contributed by atoms with van der Waals surface area (Å²) in [4.78, 5) is 24.9. The number of anilines is 1. The highest BCUT2D eigenvalue weighted by Gasteiger charge is 2.37. The Kier molecular flexibility index (Phi) is 4.43. The molecule has 4 aromatic rings. The Morgan fingerprint density at radius 3 is 2.78 bits per heavy atom. The molecule has 0 radical (unpaired) electrons. The van der Waals surface area contributed by atoms with Gasteiger partial charge in [-0.05, 0) is 54.8 Å². The van der Waals surface area contributed by atoms with Crippen molar-refractivity contribution in [2.75, 3.05) is 25.0 Å². The third-order valence-electron chi connectivity index (χ3n) is 7.21. The van der Waals surface area contributed by atoms with Gasteiger partial charge in [0.15, 0.2) is 5.82 Å². The Hall–Kier alpha value is -3.06. The summed E-state index contributed by atoms with van der Waals surface area (Å²) in [6.45, 7) is 6.73. The van der Waals surface area contributed by atoms with Crippen LogP contribution in [0.4, 0.5) is 5.82 Å². The SMILES string of the molecule is CN(c1nc(-c2ccnc3[nH]ccc23)nc2cncc(C3CC3)c12)C1CCNCC1(C)C. The van der Waals surface area contributed by atoms with Gasteiger partial charge in [0.05, 0.1) is 11.7 Å². The molecule has 0 aromatic carbocycles. The average Bonchev–Trinajstić information content (AvgIpc) is 3.53. The Bertz CT molecular complexity index is 1300.